The molecule has 2 heterocycles. The van der Waals surface area contributed by atoms with Crippen molar-refractivity contribution in [3.8, 4) is 0 Å². The first-order chi connectivity index (χ1) is 9.20. The first-order valence-corrected chi connectivity index (χ1v) is 7.25. The van der Waals surface area contributed by atoms with Gasteiger partial charge in [0, 0.05) is 37.8 Å². The molecule has 1 unspecified atom stereocenters. The van der Waals surface area contributed by atoms with Crippen LogP contribution in [0.3, 0.4) is 0 Å². The Kier molecular flexibility index (Phi) is 4.93. The predicted octanol–water partition coefficient (Wildman–Crippen LogP) is 2.51. The number of ether oxygens (including phenoxy) is 1. The van der Waals surface area contributed by atoms with Crippen molar-refractivity contribution in [2.75, 3.05) is 25.6 Å². The Balaban J connectivity index is 1.95. The van der Waals surface area contributed by atoms with Crippen molar-refractivity contribution >= 4 is 17.3 Å². The van der Waals surface area contributed by atoms with E-state index in [9.17, 15) is 0 Å². The van der Waals surface area contributed by atoms with E-state index in [2.05, 4.69) is 33.0 Å². The molecule has 19 heavy (non-hydrogen) atoms. The number of nitrogens with zero attached hydrogens (tertiary/aromatic N) is 3. The van der Waals surface area contributed by atoms with Crippen LogP contribution >= 0.6 is 11.3 Å². The molecule has 0 aromatic carbocycles. The number of thiazole rings is 1. The maximum atomic E-state index is 5.20. The average molecular weight is 280 g/mol. The highest BCUT2D eigenvalue weighted by molar-refractivity contribution is 7.09. The van der Waals surface area contributed by atoms with Gasteiger partial charge < -0.3 is 14.6 Å². The minimum Gasteiger partial charge on any atom is -0.383 e. The van der Waals surface area contributed by atoms with Crippen LogP contribution in [0.15, 0.2) is 17.8 Å². The van der Waals surface area contributed by atoms with Gasteiger partial charge in [-0.1, -0.05) is 0 Å². The van der Waals surface area contributed by atoms with E-state index in [0.717, 1.165) is 29.6 Å². The second-order valence-corrected chi connectivity index (χ2v) is 5.50. The zero-order chi connectivity index (χ0) is 13.7. The average Bonchev–Trinajstić information content (AvgIpc) is 2.99. The van der Waals surface area contributed by atoms with Crippen molar-refractivity contribution in [2.45, 2.75) is 26.3 Å². The molecule has 0 fully saturated rings. The van der Waals surface area contributed by atoms with Gasteiger partial charge in [0.1, 0.15) is 0 Å². The Morgan fingerprint density at radius 2 is 2.37 bits per heavy atom. The zero-order valence-electron chi connectivity index (χ0n) is 11.6. The normalized spacial score (nSPS) is 12.6. The molecule has 0 spiro atoms. The van der Waals surface area contributed by atoms with E-state index in [4.69, 9.17) is 4.74 Å². The van der Waals surface area contributed by atoms with Gasteiger partial charge in [0.15, 0.2) is 0 Å². The van der Waals surface area contributed by atoms with Crippen molar-refractivity contribution in [1.29, 1.82) is 0 Å². The first kappa shape index (κ1) is 14.0. The summed E-state index contributed by atoms with van der Waals surface area (Å²) in [5.74, 6) is 0.901. The van der Waals surface area contributed by atoms with Gasteiger partial charge in [-0.15, -0.1) is 11.3 Å². The molecular formula is C13H20N4OS. The summed E-state index contributed by atoms with van der Waals surface area (Å²) in [6.45, 7) is 5.64. The van der Waals surface area contributed by atoms with Gasteiger partial charge in [-0.05, 0) is 13.8 Å². The summed E-state index contributed by atoms with van der Waals surface area (Å²) in [6, 6.07) is 0.272. The first-order valence-electron chi connectivity index (χ1n) is 6.37. The molecule has 0 aliphatic carbocycles. The Morgan fingerprint density at radius 1 is 1.53 bits per heavy atom. The van der Waals surface area contributed by atoms with Crippen LogP contribution in [-0.2, 0) is 11.2 Å². The maximum Gasteiger partial charge on any atom is 0.203 e. The van der Waals surface area contributed by atoms with Gasteiger partial charge >= 0.3 is 0 Å². The van der Waals surface area contributed by atoms with Crippen LogP contribution in [0.4, 0.5) is 5.95 Å². The highest BCUT2D eigenvalue weighted by atomic mass is 32.1. The monoisotopic (exact) mass is 280 g/mol. The number of methoxy groups -OCH3 is 1. The fraction of sp³-hybridized carbons (Fsp3) is 0.538. The van der Waals surface area contributed by atoms with E-state index < -0.39 is 0 Å². The van der Waals surface area contributed by atoms with Crippen LogP contribution in [0, 0.1) is 6.92 Å². The minimum atomic E-state index is 0.272. The number of aromatic nitrogens is 3. The van der Waals surface area contributed by atoms with E-state index in [1.54, 1.807) is 18.4 Å². The summed E-state index contributed by atoms with van der Waals surface area (Å²) in [5, 5.41) is 6.52. The van der Waals surface area contributed by atoms with Crippen LogP contribution in [-0.4, -0.2) is 34.8 Å². The molecular weight excluding hydrogens is 260 g/mol. The second kappa shape index (κ2) is 6.68. The van der Waals surface area contributed by atoms with Gasteiger partial charge in [0.2, 0.25) is 5.95 Å². The molecule has 0 aliphatic heterocycles. The summed E-state index contributed by atoms with van der Waals surface area (Å²) < 4.78 is 7.33. The molecule has 0 amide bonds. The van der Waals surface area contributed by atoms with Gasteiger partial charge in [-0.25, -0.2) is 9.97 Å². The van der Waals surface area contributed by atoms with E-state index in [1.165, 1.54) is 0 Å². The molecule has 0 saturated carbocycles. The van der Waals surface area contributed by atoms with E-state index >= 15 is 0 Å². The SMILES string of the molecule is COCC(C)n1cc(C)nc1NCCc1nccs1. The number of rotatable bonds is 7. The van der Waals surface area contributed by atoms with Crippen LogP contribution in [0.5, 0.6) is 0 Å². The fourth-order valence-electron chi connectivity index (χ4n) is 1.96. The van der Waals surface area contributed by atoms with Crippen molar-refractivity contribution < 1.29 is 4.74 Å². The minimum absolute atomic E-state index is 0.272. The standard InChI is InChI=1S/C13H20N4OS/c1-10-8-17(11(2)9-18-3)13(16-10)15-5-4-12-14-6-7-19-12/h6-8,11H,4-5,9H2,1-3H3,(H,15,16). The molecule has 104 valence electrons. The predicted molar refractivity (Wildman–Crippen MR) is 77.9 cm³/mol. The highest BCUT2D eigenvalue weighted by Gasteiger charge is 2.11. The Hall–Kier alpha value is -1.40. The lowest BCUT2D eigenvalue weighted by atomic mass is 10.3. The summed E-state index contributed by atoms with van der Waals surface area (Å²) in [7, 11) is 1.72. The van der Waals surface area contributed by atoms with E-state index in [1.807, 2.05) is 18.5 Å². The van der Waals surface area contributed by atoms with Crippen LogP contribution in [0.1, 0.15) is 23.7 Å². The topological polar surface area (TPSA) is 52.0 Å². The zero-order valence-corrected chi connectivity index (χ0v) is 12.4. The van der Waals surface area contributed by atoms with Crippen molar-refractivity contribution in [3.63, 3.8) is 0 Å². The van der Waals surface area contributed by atoms with Crippen LogP contribution < -0.4 is 5.32 Å². The Labute approximate surface area is 117 Å². The van der Waals surface area contributed by atoms with E-state index in [0.29, 0.717) is 6.61 Å². The molecule has 1 atom stereocenters. The summed E-state index contributed by atoms with van der Waals surface area (Å²) >= 11 is 1.68. The lowest BCUT2D eigenvalue weighted by Crippen LogP contribution is -2.15. The largest absolute Gasteiger partial charge is 0.383 e. The third-order valence-corrected chi connectivity index (χ3v) is 3.68. The van der Waals surface area contributed by atoms with Crippen molar-refractivity contribution in [2.24, 2.45) is 0 Å². The smallest absolute Gasteiger partial charge is 0.203 e. The Bertz CT molecular complexity index is 495. The summed E-state index contributed by atoms with van der Waals surface area (Å²) in [6.07, 6.45) is 4.81. The molecule has 2 aromatic heterocycles. The van der Waals surface area contributed by atoms with Gasteiger partial charge in [0.05, 0.1) is 23.4 Å². The molecule has 2 aromatic rings. The molecule has 6 heteroatoms. The van der Waals surface area contributed by atoms with Gasteiger partial charge in [-0.3, -0.25) is 0 Å². The fourth-order valence-corrected chi connectivity index (χ4v) is 2.58. The third-order valence-electron chi connectivity index (χ3n) is 2.84. The maximum absolute atomic E-state index is 5.20. The lowest BCUT2D eigenvalue weighted by Gasteiger charge is -2.15. The number of hydrogen-bond acceptors (Lipinski definition) is 5. The highest BCUT2D eigenvalue weighted by Crippen LogP contribution is 2.16. The van der Waals surface area contributed by atoms with Gasteiger partial charge in [-0.2, -0.15) is 0 Å². The van der Waals surface area contributed by atoms with E-state index in [-0.39, 0.29) is 6.04 Å². The van der Waals surface area contributed by atoms with Crippen molar-refractivity contribution in [3.05, 3.63) is 28.5 Å². The number of aryl methyl sites for hydroxylation is 1. The number of imidazole rings is 1. The molecule has 0 aliphatic rings. The van der Waals surface area contributed by atoms with Gasteiger partial charge in [0.25, 0.3) is 0 Å². The van der Waals surface area contributed by atoms with Crippen molar-refractivity contribution in [1.82, 2.24) is 14.5 Å². The number of anilines is 1. The second-order valence-electron chi connectivity index (χ2n) is 4.52. The molecule has 0 radical (unpaired) electrons. The third kappa shape index (κ3) is 3.78. The number of nitrogens with one attached hydrogen (secondary N) is 1. The molecule has 0 saturated heterocycles. The molecule has 1 N–H and O–H groups in total. The molecule has 2 rings (SSSR count). The summed E-state index contributed by atoms with van der Waals surface area (Å²) in [5.41, 5.74) is 1.01. The number of hydrogen-bond donors (Lipinski definition) is 1. The quantitative estimate of drug-likeness (QED) is 0.846. The van der Waals surface area contributed by atoms with Crippen LogP contribution in [0.2, 0.25) is 0 Å². The Morgan fingerprint density at radius 3 is 3.05 bits per heavy atom. The molecule has 0 bridgehead atoms. The van der Waals surface area contributed by atoms with Crippen LogP contribution in [0.25, 0.3) is 0 Å². The summed E-state index contributed by atoms with van der Waals surface area (Å²) in [4.78, 5) is 8.78. The molecule has 5 nitrogen and oxygen atoms in total. The lowest BCUT2D eigenvalue weighted by molar-refractivity contribution is 0.163.